The molecule has 0 amide bonds. The first-order valence-corrected chi connectivity index (χ1v) is 8.65. The lowest BCUT2D eigenvalue weighted by molar-refractivity contribution is 0.409. The van der Waals surface area contributed by atoms with Crippen LogP contribution >= 0.6 is 0 Å². The van der Waals surface area contributed by atoms with Gasteiger partial charge in [-0.25, -0.2) is 9.97 Å². The Morgan fingerprint density at radius 2 is 1.86 bits per heavy atom. The lowest BCUT2D eigenvalue weighted by atomic mass is 9.99. The molecule has 0 fully saturated rings. The minimum absolute atomic E-state index is 0.0893. The average molecular weight is 378 g/mol. The molecule has 2 aromatic heterocycles. The number of aryl methyl sites for hydroxylation is 1. The van der Waals surface area contributed by atoms with Crippen molar-refractivity contribution in [2.45, 2.75) is 19.8 Å². The minimum Gasteiger partial charge on any atom is -0.495 e. The summed E-state index contributed by atoms with van der Waals surface area (Å²) in [5, 5.41) is 0. The van der Waals surface area contributed by atoms with Crippen molar-refractivity contribution in [3.05, 3.63) is 47.7 Å². The van der Waals surface area contributed by atoms with Crippen LogP contribution in [0.25, 0.3) is 0 Å². The Hall–Kier alpha value is -3.73. The van der Waals surface area contributed by atoms with Gasteiger partial charge in [0.25, 0.3) is 0 Å². The number of hydrogen-bond acceptors (Lipinski definition) is 7. The number of ether oxygens (including phenoxy) is 2. The maximum absolute atomic E-state index is 6.01. The Morgan fingerprint density at radius 1 is 1.07 bits per heavy atom. The molecular weight excluding hydrogens is 356 g/mol. The first-order chi connectivity index (χ1) is 13.4. The van der Waals surface area contributed by atoms with Gasteiger partial charge >= 0.3 is 0 Å². The highest BCUT2D eigenvalue weighted by Gasteiger charge is 2.16. The molecule has 0 atom stereocenters. The zero-order valence-electron chi connectivity index (χ0n) is 16.2. The number of benzene rings is 1. The van der Waals surface area contributed by atoms with Crippen molar-refractivity contribution in [2.24, 2.45) is 7.05 Å². The summed E-state index contributed by atoms with van der Waals surface area (Å²) in [6.45, 7) is 4.12. The Bertz CT molecular complexity index is 1060. The summed E-state index contributed by atoms with van der Waals surface area (Å²) < 4.78 is 13.4. The molecule has 3 rings (SSSR count). The van der Waals surface area contributed by atoms with Crippen LogP contribution in [-0.2, 0) is 7.05 Å². The van der Waals surface area contributed by atoms with E-state index in [0.29, 0.717) is 22.8 Å². The summed E-state index contributed by atoms with van der Waals surface area (Å²) in [5.74, 6) is 8.24. The van der Waals surface area contributed by atoms with E-state index < -0.39 is 0 Å². The molecule has 3 aromatic rings. The summed E-state index contributed by atoms with van der Waals surface area (Å²) in [4.78, 5) is 12.0. The van der Waals surface area contributed by atoms with E-state index in [1.807, 2.05) is 23.7 Å². The molecule has 0 aliphatic rings. The maximum atomic E-state index is 6.01. The van der Waals surface area contributed by atoms with E-state index in [2.05, 4.69) is 40.6 Å². The summed E-state index contributed by atoms with van der Waals surface area (Å²) in [7, 11) is 3.50. The van der Waals surface area contributed by atoms with Gasteiger partial charge in [0.05, 0.1) is 31.4 Å². The zero-order chi connectivity index (χ0) is 20.3. The van der Waals surface area contributed by atoms with Gasteiger partial charge in [0.2, 0.25) is 5.95 Å². The Morgan fingerprint density at radius 3 is 2.46 bits per heavy atom. The predicted molar refractivity (Wildman–Crippen MR) is 107 cm³/mol. The number of imidazole rings is 1. The van der Waals surface area contributed by atoms with Gasteiger partial charge < -0.3 is 25.5 Å². The fourth-order valence-electron chi connectivity index (χ4n) is 2.59. The average Bonchev–Trinajstić information content (AvgIpc) is 3.07. The number of hydrogen-bond donors (Lipinski definition) is 2. The third-order valence-corrected chi connectivity index (χ3v) is 4.12. The lowest BCUT2D eigenvalue weighted by Gasteiger charge is -2.17. The molecule has 0 bridgehead atoms. The Labute approximate surface area is 163 Å². The van der Waals surface area contributed by atoms with E-state index in [1.54, 1.807) is 19.6 Å². The van der Waals surface area contributed by atoms with Crippen LogP contribution < -0.4 is 20.9 Å². The van der Waals surface area contributed by atoms with E-state index in [1.165, 1.54) is 6.20 Å². The third kappa shape index (κ3) is 3.99. The standard InChI is InChI=1S/C20H22N6O2/c1-12(2)15-8-16(27-4)13(5-6-14-9-23-11-26(14)3)7-17(15)28-18-10-24-20(22)25-19(18)21/h7-12H,1-4H3,(H4,21,22,24,25). The number of rotatable bonds is 4. The van der Waals surface area contributed by atoms with Gasteiger partial charge in [-0.3, -0.25) is 0 Å². The van der Waals surface area contributed by atoms with Crippen LogP contribution in [0, 0.1) is 11.8 Å². The number of aromatic nitrogens is 4. The quantitative estimate of drug-likeness (QED) is 0.671. The van der Waals surface area contributed by atoms with Crippen LogP contribution in [0.1, 0.15) is 36.6 Å². The number of methoxy groups -OCH3 is 1. The van der Waals surface area contributed by atoms with Crippen molar-refractivity contribution in [1.29, 1.82) is 0 Å². The topological polar surface area (TPSA) is 114 Å². The fraction of sp³-hybridized carbons (Fsp3) is 0.250. The summed E-state index contributed by atoms with van der Waals surface area (Å²) in [5.41, 5.74) is 13.9. The zero-order valence-corrected chi connectivity index (χ0v) is 16.2. The molecule has 28 heavy (non-hydrogen) atoms. The number of nitrogens with zero attached hydrogens (tertiary/aromatic N) is 4. The van der Waals surface area contributed by atoms with Crippen LogP contribution in [-0.4, -0.2) is 26.6 Å². The summed E-state index contributed by atoms with van der Waals surface area (Å²) in [6, 6.07) is 3.74. The Balaban J connectivity index is 2.07. The number of anilines is 2. The summed E-state index contributed by atoms with van der Waals surface area (Å²) in [6.07, 6.45) is 4.85. The van der Waals surface area contributed by atoms with Crippen molar-refractivity contribution in [2.75, 3.05) is 18.6 Å². The molecule has 8 heteroatoms. The maximum Gasteiger partial charge on any atom is 0.222 e. The molecular formula is C20H22N6O2. The van der Waals surface area contributed by atoms with E-state index in [4.69, 9.17) is 20.9 Å². The van der Waals surface area contributed by atoms with E-state index >= 15 is 0 Å². The molecule has 0 radical (unpaired) electrons. The lowest BCUT2D eigenvalue weighted by Crippen LogP contribution is -2.03. The molecule has 0 aliphatic carbocycles. The predicted octanol–water partition coefficient (Wildman–Crippen LogP) is 2.70. The van der Waals surface area contributed by atoms with Crippen LogP contribution in [0.4, 0.5) is 11.8 Å². The van der Waals surface area contributed by atoms with Crippen LogP contribution in [0.2, 0.25) is 0 Å². The van der Waals surface area contributed by atoms with Crippen molar-refractivity contribution in [3.63, 3.8) is 0 Å². The monoisotopic (exact) mass is 378 g/mol. The molecule has 0 unspecified atom stereocenters. The van der Waals surface area contributed by atoms with Gasteiger partial charge in [0.1, 0.15) is 17.2 Å². The number of nitrogens with two attached hydrogens (primary N) is 2. The largest absolute Gasteiger partial charge is 0.495 e. The highest BCUT2D eigenvalue weighted by molar-refractivity contribution is 5.58. The molecule has 0 saturated heterocycles. The SMILES string of the molecule is COc1cc(C(C)C)c(Oc2cnc(N)nc2N)cc1C#Cc1cncn1C. The van der Waals surface area contributed by atoms with Gasteiger partial charge in [-0.1, -0.05) is 19.8 Å². The fourth-order valence-corrected chi connectivity index (χ4v) is 2.59. The molecule has 0 saturated carbocycles. The normalized spacial score (nSPS) is 10.5. The van der Waals surface area contributed by atoms with Gasteiger partial charge in [-0.05, 0) is 17.9 Å². The van der Waals surface area contributed by atoms with Crippen molar-refractivity contribution >= 4 is 11.8 Å². The molecule has 144 valence electrons. The molecule has 0 spiro atoms. The van der Waals surface area contributed by atoms with Gasteiger partial charge in [-0.15, -0.1) is 0 Å². The van der Waals surface area contributed by atoms with Crippen LogP contribution in [0.5, 0.6) is 17.2 Å². The third-order valence-electron chi connectivity index (χ3n) is 4.12. The van der Waals surface area contributed by atoms with E-state index in [-0.39, 0.29) is 17.7 Å². The molecule has 1 aromatic carbocycles. The van der Waals surface area contributed by atoms with Gasteiger partial charge in [-0.2, -0.15) is 4.98 Å². The molecule has 4 N–H and O–H groups in total. The second-order valence-corrected chi connectivity index (χ2v) is 6.46. The second kappa shape index (κ2) is 7.88. The molecule has 2 heterocycles. The highest BCUT2D eigenvalue weighted by atomic mass is 16.5. The first-order valence-electron chi connectivity index (χ1n) is 8.65. The van der Waals surface area contributed by atoms with E-state index in [9.17, 15) is 0 Å². The smallest absolute Gasteiger partial charge is 0.222 e. The van der Waals surface area contributed by atoms with Crippen molar-refractivity contribution in [1.82, 2.24) is 19.5 Å². The first kappa shape index (κ1) is 19.0. The molecule has 8 nitrogen and oxygen atoms in total. The van der Waals surface area contributed by atoms with Crippen molar-refractivity contribution < 1.29 is 9.47 Å². The minimum atomic E-state index is 0.0893. The summed E-state index contributed by atoms with van der Waals surface area (Å²) >= 11 is 0. The second-order valence-electron chi connectivity index (χ2n) is 6.46. The van der Waals surface area contributed by atoms with Gasteiger partial charge in [0, 0.05) is 18.7 Å². The van der Waals surface area contributed by atoms with Crippen molar-refractivity contribution in [3.8, 4) is 29.1 Å². The highest BCUT2D eigenvalue weighted by Crippen LogP contribution is 2.37. The van der Waals surface area contributed by atoms with Gasteiger partial charge in [0.15, 0.2) is 11.6 Å². The Kier molecular flexibility index (Phi) is 5.36. The van der Waals surface area contributed by atoms with Crippen LogP contribution in [0.15, 0.2) is 30.9 Å². The van der Waals surface area contributed by atoms with Crippen LogP contribution in [0.3, 0.4) is 0 Å². The van der Waals surface area contributed by atoms with E-state index in [0.717, 1.165) is 11.3 Å². The molecule has 0 aliphatic heterocycles. The number of nitrogen functional groups attached to an aromatic ring is 2.